The summed E-state index contributed by atoms with van der Waals surface area (Å²) in [6.07, 6.45) is 1.94. The van der Waals surface area contributed by atoms with Crippen molar-refractivity contribution in [3.63, 3.8) is 0 Å². The average Bonchev–Trinajstić information content (AvgIpc) is 2.85. The molecule has 104 valence electrons. The zero-order valence-corrected chi connectivity index (χ0v) is 11.2. The second-order valence-corrected chi connectivity index (χ2v) is 5.16. The Morgan fingerprint density at radius 2 is 2.16 bits per heavy atom. The summed E-state index contributed by atoms with van der Waals surface area (Å²) in [6, 6.07) is 9.93. The molecule has 2 rings (SSSR count). The summed E-state index contributed by atoms with van der Waals surface area (Å²) in [5.74, 6) is 0.625. The van der Waals surface area contributed by atoms with Crippen molar-refractivity contribution in [3.05, 3.63) is 35.9 Å². The molecule has 1 unspecified atom stereocenters. The minimum Gasteiger partial charge on any atom is -0.396 e. The van der Waals surface area contributed by atoms with Gasteiger partial charge in [-0.1, -0.05) is 30.3 Å². The standard InChI is InChI=1S/C15H22N2O2/c18-9-7-14-6-8-17(11-14)12-15(19)16-10-13-4-2-1-3-5-13/h1-5,14,18H,6-12H2,(H,16,19). The molecule has 0 radical (unpaired) electrons. The Morgan fingerprint density at radius 3 is 2.89 bits per heavy atom. The Hall–Kier alpha value is -1.39. The molecule has 4 heteroatoms. The molecule has 1 fully saturated rings. The van der Waals surface area contributed by atoms with Crippen LogP contribution in [0.4, 0.5) is 0 Å². The highest BCUT2D eigenvalue weighted by Gasteiger charge is 2.23. The number of rotatable bonds is 6. The van der Waals surface area contributed by atoms with Crippen LogP contribution in [0.5, 0.6) is 0 Å². The molecule has 1 aliphatic rings. The van der Waals surface area contributed by atoms with Crippen LogP contribution in [-0.2, 0) is 11.3 Å². The van der Waals surface area contributed by atoms with Crippen LogP contribution in [0.3, 0.4) is 0 Å². The van der Waals surface area contributed by atoms with E-state index in [0.29, 0.717) is 19.0 Å². The Bertz CT molecular complexity index is 394. The zero-order chi connectivity index (χ0) is 13.5. The van der Waals surface area contributed by atoms with Gasteiger partial charge in [0, 0.05) is 19.7 Å². The topological polar surface area (TPSA) is 52.6 Å². The van der Waals surface area contributed by atoms with Crippen LogP contribution in [0.2, 0.25) is 0 Å². The van der Waals surface area contributed by atoms with Gasteiger partial charge >= 0.3 is 0 Å². The van der Waals surface area contributed by atoms with Gasteiger partial charge in [0.15, 0.2) is 0 Å². The number of hydrogen-bond donors (Lipinski definition) is 2. The van der Waals surface area contributed by atoms with Gasteiger partial charge in [0.1, 0.15) is 0 Å². The van der Waals surface area contributed by atoms with Crippen LogP contribution in [0.15, 0.2) is 30.3 Å². The fourth-order valence-electron chi connectivity index (χ4n) is 2.53. The van der Waals surface area contributed by atoms with Crippen molar-refractivity contribution in [1.29, 1.82) is 0 Å². The minimum absolute atomic E-state index is 0.0773. The van der Waals surface area contributed by atoms with Crippen molar-refractivity contribution in [2.45, 2.75) is 19.4 Å². The minimum atomic E-state index is 0.0773. The Labute approximate surface area is 114 Å². The molecule has 4 nitrogen and oxygen atoms in total. The maximum Gasteiger partial charge on any atom is 0.234 e. The number of hydrogen-bond acceptors (Lipinski definition) is 3. The third-order valence-electron chi connectivity index (χ3n) is 3.61. The molecule has 1 aromatic carbocycles. The summed E-state index contributed by atoms with van der Waals surface area (Å²) in [5, 5.41) is 11.8. The maximum atomic E-state index is 11.8. The van der Waals surface area contributed by atoms with E-state index in [0.717, 1.165) is 31.5 Å². The normalized spacial score (nSPS) is 19.5. The first-order valence-electron chi connectivity index (χ1n) is 6.92. The van der Waals surface area contributed by atoms with Crippen molar-refractivity contribution < 1.29 is 9.90 Å². The summed E-state index contributed by atoms with van der Waals surface area (Å²) in [7, 11) is 0. The third-order valence-corrected chi connectivity index (χ3v) is 3.61. The molecule has 1 aliphatic heterocycles. The molecule has 19 heavy (non-hydrogen) atoms. The van der Waals surface area contributed by atoms with Gasteiger partial charge in [-0.15, -0.1) is 0 Å². The van der Waals surface area contributed by atoms with Crippen molar-refractivity contribution >= 4 is 5.91 Å². The maximum absolute atomic E-state index is 11.8. The van der Waals surface area contributed by atoms with E-state index in [1.807, 2.05) is 30.3 Å². The van der Waals surface area contributed by atoms with Crippen LogP contribution in [0.1, 0.15) is 18.4 Å². The highest BCUT2D eigenvalue weighted by Crippen LogP contribution is 2.18. The van der Waals surface area contributed by atoms with Crippen LogP contribution in [-0.4, -0.2) is 42.2 Å². The van der Waals surface area contributed by atoms with Crippen molar-refractivity contribution in [2.24, 2.45) is 5.92 Å². The van der Waals surface area contributed by atoms with Gasteiger partial charge in [-0.2, -0.15) is 0 Å². The summed E-state index contributed by atoms with van der Waals surface area (Å²) in [6.45, 7) is 3.20. The smallest absolute Gasteiger partial charge is 0.234 e. The highest BCUT2D eigenvalue weighted by molar-refractivity contribution is 5.78. The number of aliphatic hydroxyl groups is 1. The molecule has 1 heterocycles. The molecule has 0 saturated carbocycles. The number of amides is 1. The molecule has 0 aromatic heterocycles. The second kappa shape index (κ2) is 7.26. The summed E-state index contributed by atoms with van der Waals surface area (Å²) in [4.78, 5) is 14.0. The lowest BCUT2D eigenvalue weighted by Gasteiger charge is -2.15. The highest BCUT2D eigenvalue weighted by atomic mass is 16.3. The number of carbonyl (C=O) groups is 1. The first-order chi connectivity index (χ1) is 9.28. The number of nitrogens with one attached hydrogen (secondary N) is 1. The van der Waals surface area contributed by atoms with E-state index in [1.165, 1.54) is 0 Å². The van der Waals surface area contributed by atoms with Crippen molar-refractivity contribution in [1.82, 2.24) is 10.2 Å². The zero-order valence-electron chi connectivity index (χ0n) is 11.2. The molecule has 0 bridgehead atoms. The number of likely N-dealkylation sites (tertiary alicyclic amines) is 1. The molecule has 0 aliphatic carbocycles. The van der Waals surface area contributed by atoms with Gasteiger partial charge in [-0.25, -0.2) is 0 Å². The summed E-state index contributed by atoms with van der Waals surface area (Å²) in [5.41, 5.74) is 1.12. The van der Waals surface area contributed by atoms with Gasteiger partial charge in [-0.05, 0) is 30.9 Å². The fraction of sp³-hybridized carbons (Fsp3) is 0.533. The summed E-state index contributed by atoms with van der Waals surface area (Å²) < 4.78 is 0. The van der Waals surface area contributed by atoms with E-state index < -0.39 is 0 Å². The van der Waals surface area contributed by atoms with E-state index in [9.17, 15) is 4.79 Å². The van der Waals surface area contributed by atoms with E-state index in [-0.39, 0.29) is 12.5 Å². The lowest BCUT2D eigenvalue weighted by Crippen LogP contribution is -2.35. The quantitative estimate of drug-likeness (QED) is 0.804. The molecule has 0 spiro atoms. The number of carbonyl (C=O) groups excluding carboxylic acids is 1. The molecule has 1 aromatic rings. The van der Waals surface area contributed by atoms with E-state index in [4.69, 9.17) is 5.11 Å². The molecular formula is C15H22N2O2. The lowest BCUT2D eigenvalue weighted by atomic mass is 10.1. The molecule has 1 amide bonds. The Balaban J connectivity index is 1.68. The molecule has 1 saturated heterocycles. The van der Waals surface area contributed by atoms with Crippen LogP contribution >= 0.6 is 0 Å². The lowest BCUT2D eigenvalue weighted by molar-refractivity contribution is -0.122. The van der Waals surface area contributed by atoms with Gasteiger partial charge in [0.2, 0.25) is 5.91 Å². The summed E-state index contributed by atoms with van der Waals surface area (Å²) >= 11 is 0. The van der Waals surface area contributed by atoms with E-state index in [2.05, 4.69) is 10.2 Å². The van der Waals surface area contributed by atoms with Crippen molar-refractivity contribution in [3.8, 4) is 0 Å². The first kappa shape index (κ1) is 14.0. The van der Waals surface area contributed by atoms with Gasteiger partial charge in [0.25, 0.3) is 0 Å². The largest absolute Gasteiger partial charge is 0.396 e. The first-order valence-corrected chi connectivity index (χ1v) is 6.92. The van der Waals surface area contributed by atoms with E-state index in [1.54, 1.807) is 0 Å². The number of nitrogens with zero attached hydrogens (tertiary/aromatic N) is 1. The van der Waals surface area contributed by atoms with Gasteiger partial charge in [0.05, 0.1) is 6.54 Å². The van der Waals surface area contributed by atoms with Gasteiger partial charge in [-0.3, -0.25) is 9.69 Å². The van der Waals surface area contributed by atoms with E-state index >= 15 is 0 Å². The Kier molecular flexibility index (Phi) is 5.36. The predicted octanol–water partition coefficient (Wildman–Crippen LogP) is 1.01. The van der Waals surface area contributed by atoms with Crippen LogP contribution in [0, 0.1) is 5.92 Å². The van der Waals surface area contributed by atoms with Crippen molar-refractivity contribution in [2.75, 3.05) is 26.2 Å². The second-order valence-electron chi connectivity index (χ2n) is 5.16. The number of aliphatic hydroxyl groups excluding tert-OH is 1. The fourth-order valence-corrected chi connectivity index (χ4v) is 2.53. The van der Waals surface area contributed by atoms with Gasteiger partial charge < -0.3 is 10.4 Å². The molecule has 2 N–H and O–H groups in total. The third kappa shape index (κ3) is 4.65. The van der Waals surface area contributed by atoms with Crippen LogP contribution in [0.25, 0.3) is 0 Å². The number of benzene rings is 1. The monoisotopic (exact) mass is 262 g/mol. The Morgan fingerprint density at radius 1 is 1.37 bits per heavy atom. The average molecular weight is 262 g/mol. The SMILES string of the molecule is O=C(CN1CCC(CCO)C1)NCc1ccccc1. The molecular weight excluding hydrogens is 240 g/mol. The molecule has 1 atom stereocenters. The van der Waals surface area contributed by atoms with Crippen LogP contribution < -0.4 is 5.32 Å². The predicted molar refractivity (Wildman–Crippen MR) is 74.5 cm³/mol.